The molecule has 0 heterocycles. The molecule has 0 bridgehead atoms. The second kappa shape index (κ2) is 5.83. The largest absolute Gasteiger partial charge is 0.369 e. The molecular weight excluding hydrogens is 232 g/mol. The summed E-state index contributed by atoms with van der Waals surface area (Å²) in [6, 6.07) is 13.1. The van der Waals surface area contributed by atoms with Crippen LogP contribution >= 0.6 is 0 Å². The molecule has 0 amide bonds. The lowest BCUT2D eigenvalue weighted by molar-refractivity contribution is 0.589. The van der Waals surface area contributed by atoms with Crippen molar-refractivity contribution in [2.75, 3.05) is 11.9 Å². The third-order valence-corrected chi connectivity index (χ3v) is 2.32. The lowest BCUT2D eigenvalue weighted by Gasteiger charge is -2.04. The molecule has 0 unspecified atom stereocenters. The van der Waals surface area contributed by atoms with Crippen molar-refractivity contribution < 1.29 is 8.78 Å². The van der Waals surface area contributed by atoms with E-state index in [2.05, 4.69) is 17.2 Å². The topological polar surface area (TPSA) is 12.0 Å². The highest BCUT2D eigenvalue weighted by Gasteiger charge is 2.05. The maximum absolute atomic E-state index is 13.3. The highest BCUT2D eigenvalue weighted by molar-refractivity contribution is 5.47. The van der Waals surface area contributed by atoms with E-state index in [1.165, 1.54) is 18.2 Å². The molecule has 0 radical (unpaired) electrons. The first kappa shape index (κ1) is 12.1. The monoisotopic (exact) mass is 243 g/mol. The number of rotatable bonds is 2. The van der Waals surface area contributed by atoms with Crippen molar-refractivity contribution in [2.24, 2.45) is 0 Å². The zero-order chi connectivity index (χ0) is 12.8. The predicted molar refractivity (Wildman–Crippen MR) is 68.2 cm³/mol. The second-order valence-corrected chi connectivity index (χ2v) is 3.62. The Kier molecular flexibility index (Phi) is 3.93. The van der Waals surface area contributed by atoms with Crippen LogP contribution in [0.25, 0.3) is 0 Å². The Bertz CT molecular complexity index is 562. The molecule has 0 atom stereocenters. The van der Waals surface area contributed by atoms with Crippen LogP contribution in [0, 0.1) is 23.5 Å². The van der Waals surface area contributed by atoms with Gasteiger partial charge in [-0.1, -0.05) is 36.1 Å². The van der Waals surface area contributed by atoms with Crippen LogP contribution in [0.15, 0.2) is 48.5 Å². The van der Waals surface area contributed by atoms with Crippen LogP contribution in [0.5, 0.6) is 0 Å². The summed E-state index contributed by atoms with van der Waals surface area (Å²) in [7, 11) is 0. The Balaban J connectivity index is 1.99. The first-order valence-corrected chi connectivity index (χ1v) is 5.49. The highest BCUT2D eigenvalue weighted by atomic mass is 19.1. The van der Waals surface area contributed by atoms with Crippen LogP contribution < -0.4 is 5.32 Å². The van der Waals surface area contributed by atoms with Crippen molar-refractivity contribution >= 4 is 5.69 Å². The SMILES string of the molecule is Fc1cccc(F)c1NCC#Cc1ccccc1. The normalized spacial score (nSPS) is 9.44. The molecule has 0 aliphatic heterocycles. The van der Waals surface area contributed by atoms with Gasteiger partial charge in [-0.15, -0.1) is 0 Å². The summed E-state index contributed by atoms with van der Waals surface area (Å²) < 4.78 is 26.5. The first-order chi connectivity index (χ1) is 8.77. The van der Waals surface area contributed by atoms with Crippen LogP contribution in [0.4, 0.5) is 14.5 Å². The molecule has 2 aromatic carbocycles. The molecule has 2 rings (SSSR count). The summed E-state index contributed by atoms with van der Waals surface area (Å²) in [4.78, 5) is 0. The molecule has 0 saturated carbocycles. The van der Waals surface area contributed by atoms with E-state index in [1.54, 1.807) is 0 Å². The summed E-state index contributed by atoms with van der Waals surface area (Å²) in [5, 5.41) is 2.63. The van der Waals surface area contributed by atoms with E-state index < -0.39 is 11.6 Å². The van der Waals surface area contributed by atoms with Crippen LogP contribution in [0.1, 0.15) is 5.56 Å². The minimum Gasteiger partial charge on any atom is -0.369 e. The van der Waals surface area contributed by atoms with Gasteiger partial charge in [0.25, 0.3) is 0 Å². The molecule has 0 aromatic heterocycles. The average molecular weight is 243 g/mol. The summed E-state index contributed by atoms with van der Waals surface area (Å²) >= 11 is 0. The number of hydrogen-bond donors (Lipinski definition) is 1. The predicted octanol–water partition coefficient (Wildman–Crippen LogP) is 3.43. The number of anilines is 1. The Labute approximate surface area is 104 Å². The van der Waals surface area contributed by atoms with Gasteiger partial charge in [0, 0.05) is 5.56 Å². The van der Waals surface area contributed by atoms with E-state index in [-0.39, 0.29) is 12.2 Å². The molecular formula is C15H11F2N. The summed E-state index contributed by atoms with van der Waals surface area (Å²) in [6.45, 7) is 0.187. The third-order valence-electron chi connectivity index (χ3n) is 2.32. The van der Waals surface area contributed by atoms with E-state index in [1.807, 2.05) is 30.3 Å². The van der Waals surface area contributed by atoms with E-state index in [0.717, 1.165) is 5.56 Å². The molecule has 90 valence electrons. The maximum Gasteiger partial charge on any atom is 0.149 e. The molecule has 0 aliphatic carbocycles. The maximum atomic E-state index is 13.3. The molecule has 1 N–H and O–H groups in total. The number of halogens is 2. The van der Waals surface area contributed by atoms with Crippen molar-refractivity contribution in [3.05, 3.63) is 65.7 Å². The fourth-order valence-corrected chi connectivity index (χ4v) is 1.47. The Hall–Kier alpha value is -2.34. The zero-order valence-electron chi connectivity index (χ0n) is 9.58. The molecule has 2 aromatic rings. The fourth-order valence-electron chi connectivity index (χ4n) is 1.47. The van der Waals surface area contributed by atoms with Crippen molar-refractivity contribution in [2.45, 2.75) is 0 Å². The van der Waals surface area contributed by atoms with Gasteiger partial charge in [-0.2, -0.15) is 0 Å². The third kappa shape index (κ3) is 3.08. The minimum absolute atomic E-state index is 0.139. The molecule has 0 spiro atoms. The standard InChI is InChI=1S/C15H11F2N/c16-13-9-4-10-14(17)15(13)18-11-5-8-12-6-2-1-3-7-12/h1-4,6-7,9-10,18H,11H2. The number of nitrogens with one attached hydrogen (secondary N) is 1. The number of para-hydroxylation sites is 1. The fraction of sp³-hybridized carbons (Fsp3) is 0.0667. The van der Waals surface area contributed by atoms with E-state index in [0.29, 0.717) is 0 Å². The van der Waals surface area contributed by atoms with Crippen molar-refractivity contribution in [1.82, 2.24) is 0 Å². The summed E-state index contributed by atoms with van der Waals surface area (Å²) in [6.07, 6.45) is 0. The quantitative estimate of drug-likeness (QED) is 0.797. The number of hydrogen-bond acceptors (Lipinski definition) is 1. The van der Waals surface area contributed by atoms with Gasteiger partial charge in [-0.05, 0) is 24.3 Å². The Morgan fingerprint density at radius 3 is 2.22 bits per heavy atom. The van der Waals surface area contributed by atoms with Crippen LogP contribution in [-0.4, -0.2) is 6.54 Å². The van der Waals surface area contributed by atoms with Gasteiger partial charge in [0.15, 0.2) is 0 Å². The van der Waals surface area contributed by atoms with E-state index >= 15 is 0 Å². The van der Waals surface area contributed by atoms with E-state index in [9.17, 15) is 8.78 Å². The Morgan fingerprint density at radius 2 is 1.56 bits per heavy atom. The Morgan fingerprint density at radius 1 is 0.889 bits per heavy atom. The molecule has 3 heteroatoms. The van der Waals surface area contributed by atoms with Crippen molar-refractivity contribution in [3.8, 4) is 11.8 Å². The van der Waals surface area contributed by atoms with Crippen molar-refractivity contribution in [3.63, 3.8) is 0 Å². The van der Waals surface area contributed by atoms with Crippen LogP contribution in [-0.2, 0) is 0 Å². The van der Waals surface area contributed by atoms with Crippen molar-refractivity contribution in [1.29, 1.82) is 0 Å². The van der Waals surface area contributed by atoms with Gasteiger partial charge in [0.1, 0.15) is 17.3 Å². The lowest BCUT2D eigenvalue weighted by atomic mass is 10.2. The number of benzene rings is 2. The molecule has 0 aliphatic rings. The average Bonchev–Trinajstić information content (AvgIpc) is 2.38. The smallest absolute Gasteiger partial charge is 0.149 e. The van der Waals surface area contributed by atoms with Gasteiger partial charge >= 0.3 is 0 Å². The van der Waals surface area contributed by atoms with Gasteiger partial charge in [-0.25, -0.2) is 8.78 Å². The highest BCUT2D eigenvalue weighted by Crippen LogP contribution is 2.17. The van der Waals surface area contributed by atoms with Crippen LogP contribution in [0.3, 0.4) is 0 Å². The van der Waals surface area contributed by atoms with Gasteiger partial charge in [0.05, 0.1) is 6.54 Å². The summed E-state index contributed by atoms with van der Waals surface area (Å²) in [5.41, 5.74) is 0.730. The zero-order valence-corrected chi connectivity index (χ0v) is 9.58. The lowest BCUT2D eigenvalue weighted by Crippen LogP contribution is -2.03. The molecule has 18 heavy (non-hydrogen) atoms. The van der Waals surface area contributed by atoms with Gasteiger partial charge in [-0.3, -0.25) is 0 Å². The summed E-state index contributed by atoms with van der Waals surface area (Å²) in [5.74, 6) is 4.48. The first-order valence-electron chi connectivity index (χ1n) is 5.49. The van der Waals surface area contributed by atoms with Gasteiger partial charge in [0.2, 0.25) is 0 Å². The minimum atomic E-state index is -0.614. The molecule has 0 saturated heterocycles. The molecule has 1 nitrogen and oxygen atoms in total. The second-order valence-electron chi connectivity index (χ2n) is 3.62. The van der Waals surface area contributed by atoms with Gasteiger partial charge < -0.3 is 5.32 Å². The van der Waals surface area contributed by atoms with Crippen LogP contribution in [0.2, 0.25) is 0 Å². The van der Waals surface area contributed by atoms with E-state index in [4.69, 9.17) is 0 Å². The molecule has 0 fully saturated rings.